The number of hydrogen-bond acceptors (Lipinski definition) is 5. The number of ether oxygens (including phenoxy) is 2. The second kappa shape index (κ2) is 8.44. The van der Waals surface area contributed by atoms with Crippen molar-refractivity contribution in [3.63, 3.8) is 0 Å². The summed E-state index contributed by atoms with van der Waals surface area (Å²) in [5.41, 5.74) is 2.01. The third-order valence-corrected chi connectivity index (χ3v) is 3.01. The van der Waals surface area contributed by atoms with Gasteiger partial charge in [0.15, 0.2) is 5.76 Å². The molecular formula is C16H22N2O3. The second-order valence-corrected chi connectivity index (χ2v) is 4.80. The summed E-state index contributed by atoms with van der Waals surface area (Å²) in [7, 11) is 1.66. The standard InChI is InChI=1S/C16H22N2O3/c1-3-8-17-10-14-9-16(21-18-14)12-20-11-13-4-6-15(19-2)7-5-13/h4-7,9,17H,3,8,10-12H2,1-2H3. The number of methoxy groups -OCH3 is 1. The number of benzene rings is 1. The van der Waals surface area contributed by atoms with E-state index in [2.05, 4.69) is 17.4 Å². The zero-order chi connectivity index (χ0) is 14.9. The maximum Gasteiger partial charge on any atom is 0.162 e. The molecule has 0 spiro atoms. The molecule has 0 radical (unpaired) electrons. The molecule has 0 saturated heterocycles. The van der Waals surface area contributed by atoms with Crippen molar-refractivity contribution in [2.24, 2.45) is 0 Å². The summed E-state index contributed by atoms with van der Waals surface area (Å²) in [6.45, 7) is 4.81. The lowest BCUT2D eigenvalue weighted by Crippen LogP contribution is -2.13. The van der Waals surface area contributed by atoms with Gasteiger partial charge in [-0.3, -0.25) is 0 Å². The Kier molecular flexibility index (Phi) is 6.24. The number of rotatable bonds is 9. The highest BCUT2D eigenvalue weighted by molar-refractivity contribution is 5.26. The number of hydrogen-bond donors (Lipinski definition) is 1. The van der Waals surface area contributed by atoms with Crippen molar-refractivity contribution in [3.8, 4) is 5.75 Å². The van der Waals surface area contributed by atoms with Crippen LogP contribution in [0.5, 0.6) is 5.75 Å². The normalized spacial score (nSPS) is 10.8. The minimum Gasteiger partial charge on any atom is -0.497 e. The van der Waals surface area contributed by atoms with Gasteiger partial charge in [0.25, 0.3) is 0 Å². The molecule has 0 fully saturated rings. The first-order valence-electron chi connectivity index (χ1n) is 7.17. The molecule has 0 saturated carbocycles. The van der Waals surface area contributed by atoms with Crippen molar-refractivity contribution in [2.75, 3.05) is 13.7 Å². The zero-order valence-electron chi connectivity index (χ0n) is 12.6. The van der Waals surface area contributed by atoms with Crippen LogP contribution < -0.4 is 10.1 Å². The van der Waals surface area contributed by atoms with Crippen LogP contribution in [-0.2, 0) is 24.5 Å². The predicted molar refractivity (Wildman–Crippen MR) is 80.0 cm³/mol. The molecule has 0 aliphatic heterocycles. The molecule has 0 unspecified atom stereocenters. The minimum absolute atomic E-state index is 0.423. The van der Waals surface area contributed by atoms with Gasteiger partial charge in [-0.15, -0.1) is 0 Å². The van der Waals surface area contributed by atoms with E-state index in [1.54, 1.807) is 7.11 Å². The van der Waals surface area contributed by atoms with E-state index >= 15 is 0 Å². The zero-order valence-corrected chi connectivity index (χ0v) is 12.6. The minimum atomic E-state index is 0.423. The highest BCUT2D eigenvalue weighted by atomic mass is 16.5. The fourth-order valence-electron chi connectivity index (χ4n) is 1.89. The molecule has 1 N–H and O–H groups in total. The van der Waals surface area contributed by atoms with E-state index < -0.39 is 0 Å². The summed E-state index contributed by atoms with van der Waals surface area (Å²) in [5, 5.41) is 7.28. The first kappa shape index (κ1) is 15.5. The van der Waals surface area contributed by atoms with E-state index in [1.807, 2.05) is 30.3 Å². The fourth-order valence-corrected chi connectivity index (χ4v) is 1.89. The lowest BCUT2D eigenvalue weighted by atomic mass is 10.2. The quantitative estimate of drug-likeness (QED) is 0.720. The van der Waals surface area contributed by atoms with Gasteiger partial charge in [0.1, 0.15) is 12.4 Å². The molecule has 0 aliphatic carbocycles. The van der Waals surface area contributed by atoms with E-state index in [4.69, 9.17) is 14.0 Å². The highest BCUT2D eigenvalue weighted by Crippen LogP contribution is 2.13. The van der Waals surface area contributed by atoms with Gasteiger partial charge in [0, 0.05) is 12.6 Å². The summed E-state index contributed by atoms with van der Waals surface area (Å²) < 4.78 is 16.0. The van der Waals surface area contributed by atoms with Crippen LogP contribution in [0.3, 0.4) is 0 Å². The maximum atomic E-state index is 5.62. The van der Waals surface area contributed by atoms with Gasteiger partial charge in [-0.1, -0.05) is 24.2 Å². The summed E-state index contributed by atoms with van der Waals surface area (Å²) >= 11 is 0. The van der Waals surface area contributed by atoms with Gasteiger partial charge in [-0.25, -0.2) is 0 Å². The molecule has 21 heavy (non-hydrogen) atoms. The average molecular weight is 290 g/mol. The van der Waals surface area contributed by atoms with Gasteiger partial charge in [-0.2, -0.15) is 0 Å². The van der Waals surface area contributed by atoms with Crippen LogP contribution in [0, 0.1) is 0 Å². The van der Waals surface area contributed by atoms with Crippen LogP contribution >= 0.6 is 0 Å². The van der Waals surface area contributed by atoms with E-state index in [-0.39, 0.29) is 0 Å². The Morgan fingerprint density at radius 2 is 2.00 bits per heavy atom. The van der Waals surface area contributed by atoms with E-state index in [0.29, 0.717) is 13.2 Å². The topological polar surface area (TPSA) is 56.5 Å². The van der Waals surface area contributed by atoms with Crippen LogP contribution in [-0.4, -0.2) is 18.8 Å². The third-order valence-electron chi connectivity index (χ3n) is 3.01. The molecule has 1 heterocycles. The van der Waals surface area contributed by atoms with Crippen LogP contribution in [0.4, 0.5) is 0 Å². The van der Waals surface area contributed by atoms with Crippen LogP contribution in [0.25, 0.3) is 0 Å². The molecule has 1 aromatic carbocycles. The van der Waals surface area contributed by atoms with Crippen molar-refractivity contribution in [2.45, 2.75) is 33.1 Å². The summed E-state index contributed by atoms with van der Waals surface area (Å²) in [6, 6.07) is 9.74. The summed E-state index contributed by atoms with van der Waals surface area (Å²) in [5.74, 6) is 1.59. The SMILES string of the molecule is CCCNCc1cc(COCc2ccc(OC)cc2)on1. The molecule has 114 valence electrons. The van der Waals surface area contributed by atoms with Crippen molar-refractivity contribution in [3.05, 3.63) is 47.3 Å². The van der Waals surface area contributed by atoms with Crippen LogP contribution in [0.2, 0.25) is 0 Å². The Morgan fingerprint density at radius 3 is 2.71 bits per heavy atom. The van der Waals surface area contributed by atoms with E-state index in [9.17, 15) is 0 Å². The Morgan fingerprint density at radius 1 is 1.19 bits per heavy atom. The second-order valence-electron chi connectivity index (χ2n) is 4.80. The van der Waals surface area contributed by atoms with Gasteiger partial charge >= 0.3 is 0 Å². The molecule has 0 bridgehead atoms. The smallest absolute Gasteiger partial charge is 0.162 e. The average Bonchev–Trinajstić information content (AvgIpc) is 2.96. The molecule has 1 aromatic heterocycles. The lowest BCUT2D eigenvalue weighted by molar-refractivity contribution is 0.0883. The summed E-state index contributed by atoms with van der Waals surface area (Å²) in [6.07, 6.45) is 1.11. The fraction of sp³-hybridized carbons (Fsp3) is 0.438. The molecule has 0 aliphatic rings. The van der Waals surface area contributed by atoms with Crippen molar-refractivity contribution in [1.82, 2.24) is 10.5 Å². The third kappa shape index (κ3) is 5.21. The summed E-state index contributed by atoms with van der Waals surface area (Å²) in [4.78, 5) is 0. The Balaban J connectivity index is 1.72. The first-order valence-corrected chi connectivity index (χ1v) is 7.17. The van der Waals surface area contributed by atoms with Crippen LogP contribution in [0.1, 0.15) is 30.4 Å². The Labute approximate surface area is 125 Å². The molecule has 5 heteroatoms. The first-order chi connectivity index (χ1) is 10.3. The van der Waals surface area contributed by atoms with Gasteiger partial charge < -0.3 is 19.3 Å². The molecular weight excluding hydrogens is 268 g/mol. The largest absolute Gasteiger partial charge is 0.497 e. The Hall–Kier alpha value is -1.85. The number of aromatic nitrogens is 1. The molecule has 2 aromatic rings. The van der Waals surface area contributed by atoms with Crippen LogP contribution in [0.15, 0.2) is 34.9 Å². The van der Waals surface area contributed by atoms with Crippen molar-refractivity contribution < 1.29 is 14.0 Å². The lowest BCUT2D eigenvalue weighted by Gasteiger charge is -2.03. The maximum absolute atomic E-state index is 5.62. The van der Waals surface area contributed by atoms with Crippen molar-refractivity contribution in [1.29, 1.82) is 0 Å². The van der Waals surface area contributed by atoms with E-state index in [1.165, 1.54) is 0 Å². The molecule has 2 rings (SSSR count). The van der Waals surface area contributed by atoms with Crippen molar-refractivity contribution >= 4 is 0 Å². The molecule has 5 nitrogen and oxygen atoms in total. The number of nitrogens with one attached hydrogen (secondary N) is 1. The van der Waals surface area contributed by atoms with Gasteiger partial charge in [0.2, 0.25) is 0 Å². The predicted octanol–water partition coefficient (Wildman–Crippen LogP) is 2.90. The highest BCUT2D eigenvalue weighted by Gasteiger charge is 2.04. The Bertz CT molecular complexity index is 523. The van der Waals surface area contributed by atoms with Gasteiger partial charge in [0.05, 0.1) is 19.4 Å². The number of nitrogens with zero attached hydrogens (tertiary/aromatic N) is 1. The molecule has 0 atom stereocenters. The van der Waals surface area contributed by atoms with E-state index in [0.717, 1.165) is 42.3 Å². The monoisotopic (exact) mass is 290 g/mol. The molecule has 0 amide bonds. The van der Waals surface area contributed by atoms with Gasteiger partial charge in [-0.05, 0) is 30.7 Å².